The van der Waals surface area contributed by atoms with E-state index < -0.39 is 10.2 Å². The highest BCUT2D eigenvalue weighted by atomic mass is 35.5. The first-order chi connectivity index (χ1) is 11.7. The molecule has 0 aliphatic rings. The van der Waals surface area contributed by atoms with Gasteiger partial charge in [0.05, 0.1) is 20.9 Å². The van der Waals surface area contributed by atoms with E-state index >= 15 is 0 Å². The molecule has 2 rings (SSSR count). The molecule has 1 aromatic carbocycles. The summed E-state index contributed by atoms with van der Waals surface area (Å²) >= 11 is 7.21. The Bertz CT molecular complexity index is 821. The second-order valence-electron chi connectivity index (χ2n) is 5.47. The summed E-state index contributed by atoms with van der Waals surface area (Å²) in [6.45, 7) is 7.43. The van der Waals surface area contributed by atoms with Crippen LogP contribution in [0.15, 0.2) is 23.4 Å². The number of hydrogen-bond donors (Lipinski definition) is 1. The molecule has 1 atom stereocenters. The number of amides is 1. The Labute approximate surface area is 154 Å². The van der Waals surface area contributed by atoms with E-state index in [1.54, 1.807) is 6.92 Å². The van der Waals surface area contributed by atoms with Crippen molar-refractivity contribution in [2.45, 2.75) is 38.1 Å². The highest BCUT2D eigenvalue weighted by Gasteiger charge is 2.19. The lowest BCUT2D eigenvalue weighted by molar-refractivity contribution is -0.384. The van der Waals surface area contributed by atoms with Crippen LogP contribution in [-0.4, -0.2) is 26.0 Å². The third-order valence-electron chi connectivity index (χ3n) is 3.68. The fourth-order valence-corrected chi connectivity index (χ4v) is 2.99. The van der Waals surface area contributed by atoms with E-state index in [0.717, 1.165) is 17.0 Å². The van der Waals surface area contributed by atoms with Crippen molar-refractivity contribution >= 4 is 40.6 Å². The SMILES string of the molecule is Cc1nc(SC(C)C(=O)Nc2cc([N+](=O)[O-])ccc2Cl)nc(C)c1C. The summed E-state index contributed by atoms with van der Waals surface area (Å²) in [6, 6.07) is 3.89. The summed E-state index contributed by atoms with van der Waals surface area (Å²) in [5, 5.41) is 13.7. The first-order valence-electron chi connectivity index (χ1n) is 7.42. The molecule has 0 saturated heterocycles. The van der Waals surface area contributed by atoms with Crippen LogP contribution in [0, 0.1) is 30.9 Å². The lowest BCUT2D eigenvalue weighted by atomic mass is 10.2. The molecule has 2 aromatic rings. The zero-order chi connectivity index (χ0) is 18.7. The summed E-state index contributed by atoms with van der Waals surface area (Å²) in [5.41, 5.74) is 2.80. The Kier molecular flexibility index (Phi) is 5.97. The molecule has 1 N–H and O–H groups in total. The van der Waals surface area contributed by atoms with Crippen molar-refractivity contribution in [3.63, 3.8) is 0 Å². The number of non-ortho nitro benzene ring substituents is 1. The number of aryl methyl sites for hydroxylation is 2. The van der Waals surface area contributed by atoms with Crippen molar-refractivity contribution in [1.82, 2.24) is 9.97 Å². The number of nitro benzene ring substituents is 1. The van der Waals surface area contributed by atoms with Gasteiger partial charge in [0.2, 0.25) is 5.91 Å². The van der Waals surface area contributed by atoms with Gasteiger partial charge in [-0.3, -0.25) is 14.9 Å². The number of carbonyl (C=O) groups excluding carboxylic acids is 1. The summed E-state index contributed by atoms with van der Waals surface area (Å²) in [7, 11) is 0. The molecule has 0 fully saturated rings. The highest BCUT2D eigenvalue weighted by molar-refractivity contribution is 8.00. The Morgan fingerprint density at radius 3 is 2.44 bits per heavy atom. The quantitative estimate of drug-likeness (QED) is 0.363. The van der Waals surface area contributed by atoms with Gasteiger partial charge in [0.15, 0.2) is 5.16 Å². The van der Waals surface area contributed by atoms with E-state index in [0.29, 0.717) is 5.16 Å². The fraction of sp³-hybridized carbons (Fsp3) is 0.312. The van der Waals surface area contributed by atoms with Gasteiger partial charge in [-0.2, -0.15) is 0 Å². The smallest absolute Gasteiger partial charge is 0.271 e. The minimum absolute atomic E-state index is 0.145. The van der Waals surface area contributed by atoms with Gasteiger partial charge >= 0.3 is 0 Å². The van der Waals surface area contributed by atoms with Gasteiger partial charge in [-0.15, -0.1) is 0 Å². The first kappa shape index (κ1) is 19.1. The summed E-state index contributed by atoms with van der Waals surface area (Å²) in [6.07, 6.45) is 0. The number of benzene rings is 1. The van der Waals surface area contributed by atoms with Crippen LogP contribution in [0.5, 0.6) is 0 Å². The molecule has 0 saturated carbocycles. The number of aromatic nitrogens is 2. The van der Waals surface area contributed by atoms with Crippen LogP contribution in [0.3, 0.4) is 0 Å². The number of hydrogen-bond acceptors (Lipinski definition) is 6. The molecular formula is C16H17ClN4O3S. The van der Waals surface area contributed by atoms with Gasteiger partial charge in [-0.25, -0.2) is 9.97 Å². The minimum atomic E-state index is -0.546. The van der Waals surface area contributed by atoms with Crippen molar-refractivity contribution in [1.29, 1.82) is 0 Å². The molecule has 0 aliphatic heterocycles. The molecule has 25 heavy (non-hydrogen) atoms. The maximum Gasteiger partial charge on any atom is 0.271 e. The van der Waals surface area contributed by atoms with Crippen molar-refractivity contribution < 1.29 is 9.72 Å². The first-order valence-corrected chi connectivity index (χ1v) is 8.68. The Balaban J connectivity index is 2.13. The van der Waals surface area contributed by atoms with Crippen molar-refractivity contribution in [3.05, 3.63) is 50.3 Å². The predicted octanol–water partition coefficient (Wildman–Crippen LogP) is 4.08. The second kappa shape index (κ2) is 7.79. The van der Waals surface area contributed by atoms with Crippen LogP contribution >= 0.6 is 23.4 Å². The lowest BCUT2D eigenvalue weighted by Gasteiger charge is -2.13. The third-order valence-corrected chi connectivity index (χ3v) is 4.97. The zero-order valence-electron chi connectivity index (χ0n) is 14.2. The molecule has 1 unspecified atom stereocenters. The number of nitrogens with zero attached hydrogens (tertiary/aromatic N) is 3. The Morgan fingerprint density at radius 1 is 1.28 bits per heavy atom. The second-order valence-corrected chi connectivity index (χ2v) is 7.19. The van der Waals surface area contributed by atoms with E-state index in [-0.39, 0.29) is 22.3 Å². The van der Waals surface area contributed by atoms with Crippen LogP contribution in [-0.2, 0) is 4.79 Å². The Morgan fingerprint density at radius 2 is 1.88 bits per heavy atom. The molecule has 7 nitrogen and oxygen atoms in total. The maximum absolute atomic E-state index is 12.4. The molecule has 1 heterocycles. The minimum Gasteiger partial charge on any atom is -0.324 e. The van der Waals surface area contributed by atoms with E-state index in [9.17, 15) is 14.9 Å². The van der Waals surface area contributed by atoms with Gasteiger partial charge < -0.3 is 5.32 Å². The van der Waals surface area contributed by atoms with Crippen molar-refractivity contribution in [3.8, 4) is 0 Å². The highest BCUT2D eigenvalue weighted by Crippen LogP contribution is 2.28. The van der Waals surface area contributed by atoms with E-state index in [4.69, 9.17) is 11.6 Å². The van der Waals surface area contributed by atoms with Gasteiger partial charge in [0.1, 0.15) is 0 Å². The number of rotatable bonds is 5. The molecule has 132 valence electrons. The number of anilines is 1. The fourth-order valence-electron chi connectivity index (χ4n) is 1.96. The maximum atomic E-state index is 12.4. The largest absolute Gasteiger partial charge is 0.324 e. The van der Waals surface area contributed by atoms with Gasteiger partial charge in [0, 0.05) is 23.5 Å². The standard InChI is InChI=1S/C16H17ClN4O3S/c1-8-9(2)18-16(19-10(8)3)25-11(4)15(22)20-14-7-12(21(23)24)5-6-13(14)17/h5-7,11H,1-4H3,(H,20,22). The van der Waals surface area contributed by atoms with Gasteiger partial charge in [-0.1, -0.05) is 23.4 Å². The van der Waals surface area contributed by atoms with Crippen LogP contribution in [0.1, 0.15) is 23.9 Å². The number of halogens is 1. The van der Waals surface area contributed by atoms with Crippen LogP contribution in [0.4, 0.5) is 11.4 Å². The molecule has 1 aromatic heterocycles. The average Bonchev–Trinajstić information content (AvgIpc) is 2.54. The normalized spacial score (nSPS) is 11.9. The summed E-state index contributed by atoms with van der Waals surface area (Å²) in [4.78, 5) is 31.4. The lowest BCUT2D eigenvalue weighted by Crippen LogP contribution is -2.23. The summed E-state index contributed by atoms with van der Waals surface area (Å²) in [5.74, 6) is -0.341. The molecule has 9 heteroatoms. The van der Waals surface area contributed by atoms with E-state index in [1.165, 1.54) is 30.0 Å². The Hall–Kier alpha value is -2.19. The zero-order valence-corrected chi connectivity index (χ0v) is 15.7. The van der Waals surface area contributed by atoms with Gasteiger partial charge in [-0.05, 0) is 39.3 Å². The molecule has 0 bridgehead atoms. The van der Waals surface area contributed by atoms with Crippen LogP contribution in [0.25, 0.3) is 0 Å². The molecule has 1 amide bonds. The molecule has 0 spiro atoms. The van der Waals surface area contributed by atoms with Crippen molar-refractivity contribution in [2.75, 3.05) is 5.32 Å². The summed E-state index contributed by atoms with van der Waals surface area (Å²) < 4.78 is 0. The van der Waals surface area contributed by atoms with Crippen LogP contribution < -0.4 is 5.32 Å². The number of nitrogens with one attached hydrogen (secondary N) is 1. The topological polar surface area (TPSA) is 98.0 Å². The van der Waals surface area contributed by atoms with Crippen molar-refractivity contribution in [2.24, 2.45) is 0 Å². The predicted molar refractivity (Wildman–Crippen MR) is 98.3 cm³/mol. The third kappa shape index (κ3) is 4.67. The monoisotopic (exact) mass is 380 g/mol. The number of carbonyl (C=O) groups is 1. The van der Waals surface area contributed by atoms with E-state index in [2.05, 4.69) is 15.3 Å². The van der Waals surface area contributed by atoms with E-state index in [1.807, 2.05) is 20.8 Å². The van der Waals surface area contributed by atoms with Gasteiger partial charge in [0.25, 0.3) is 5.69 Å². The molecular weight excluding hydrogens is 364 g/mol. The van der Waals surface area contributed by atoms with Crippen LogP contribution in [0.2, 0.25) is 5.02 Å². The molecule has 0 aliphatic carbocycles. The number of thioether (sulfide) groups is 1. The average molecular weight is 381 g/mol. The number of nitro groups is 1. The molecule has 0 radical (unpaired) electrons.